The molecule has 1 atom stereocenters. The van der Waals surface area contributed by atoms with Crippen molar-refractivity contribution < 1.29 is 14.3 Å². The van der Waals surface area contributed by atoms with Crippen LogP contribution in [0.15, 0.2) is 0 Å². The van der Waals surface area contributed by atoms with Crippen LogP contribution in [0.2, 0.25) is 0 Å². The first-order valence-corrected chi connectivity index (χ1v) is 7.81. The Morgan fingerprint density at radius 3 is 2.55 bits per heavy atom. The summed E-state index contributed by atoms with van der Waals surface area (Å²) >= 11 is 0. The summed E-state index contributed by atoms with van der Waals surface area (Å²) in [6.07, 6.45) is 5.56. The molecule has 2 fully saturated rings. The molecule has 0 aromatic rings. The second-order valence-corrected chi connectivity index (χ2v) is 5.87. The Labute approximate surface area is 121 Å². The molecule has 5 nitrogen and oxygen atoms in total. The number of nitrogens with zero attached hydrogens (tertiary/aromatic N) is 2. The van der Waals surface area contributed by atoms with E-state index in [4.69, 9.17) is 4.74 Å². The molecule has 1 heterocycles. The molecular weight excluding hydrogens is 256 g/mol. The first-order chi connectivity index (χ1) is 9.61. The van der Waals surface area contributed by atoms with Gasteiger partial charge in [-0.15, -0.1) is 0 Å². The zero-order valence-electron chi connectivity index (χ0n) is 12.6. The van der Waals surface area contributed by atoms with Gasteiger partial charge in [0, 0.05) is 18.6 Å². The van der Waals surface area contributed by atoms with Gasteiger partial charge < -0.3 is 9.64 Å². The number of rotatable bonds is 6. The number of likely N-dealkylation sites (tertiary alicyclic amines) is 1. The molecule has 20 heavy (non-hydrogen) atoms. The van der Waals surface area contributed by atoms with E-state index in [1.807, 2.05) is 9.80 Å². The molecule has 1 saturated carbocycles. The van der Waals surface area contributed by atoms with E-state index in [-0.39, 0.29) is 18.4 Å². The van der Waals surface area contributed by atoms with Crippen molar-refractivity contribution in [1.82, 2.24) is 9.80 Å². The predicted molar refractivity (Wildman–Crippen MR) is 76.3 cm³/mol. The second-order valence-electron chi connectivity index (χ2n) is 5.87. The molecule has 1 unspecified atom stereocenters. The van der Waals surface area contributed by atoms with E-state index in [0.29, 0.717) is 25.2 Å². The van der Waals surface area contributed by atoms with Gasteiger partial charge in [0.2, 0.25) is 5.91 Å². The van der Waals surface area contributed by atoms with Crippen molar-refractivity contribution in [2.24, 2.45) is 0 Å². The van der Waals surface area contributed by atoms with Gasteiger partial charge in [0.15, 0.2) is 0 Å². The lowest BCUT2D eigenvalue weighted by molar-refractivity contribution is -0.145. The summed E-state index contributed by atoms with van der Waals surface area (Å²) in [6, 6.07) is 0.725. The topological polar surface area (TPSA) is 49.9 Å². The second kappa shape index (κ2) is 7.07. The third-order valence-electron chi connectivity index (χ3n) is 4.16. The van der Waals surface area contributed by atoms with Gasteiger partial charge >= 0.3 is 5.97 Å². The molecule has 2 aliphatic rings. The molecular formula is C15H26N2O3. The highest BCUT2D eigenvalue weighted by molar-refractivity contribution is 5.80. The van der Waals surface area contributed by atoms with Crippen LogP contribution in [-0.2, 0) is 14.3 Å². The maximum atomic E-state index is 12.4. The zero-order chi connectivity index (χ0) is 14.5. The predicted octanol–water partition coefficient (Wildman–Crippen LogP) is 1.41. The average Bonchev–Trinajstić information content (AvgIpc) is 3.23. The summed E-state index contributed by atoms with van der Waals surface area (Å²) in [5.41, 5.74) is 0. The van der Waals surface area contributed by atoms with Crippen LogP contribution in [0.1, 0.15) is 46.0 Å². The van der Waals surface area contributed by atoms with Crippen LogP contribution in [0.3, 0.4) is 0 Å². The third kappa shape index (κ3) is 4.20. The molecule has 2 rings (SSSR count). The number of piperidine rings is 1. The summed E-state index contributed by atoms with van der Waals surface area (Å²) in [7, 11) is 0. The molecule has 0 radical (unpaired) electrons. The van der Waals surface area contributed by atoms with Gasteiger partial charge in [-0.25, -0.2) is 0 Å². The molecule has 0 aromatic heterocycles. The molecule has 0 aromatic carbocycles. The highest BCUT2D eigenvalue weighted by atomic mass is 16.5. The van der Waals surface area contributed by atoms with Crippen molar-refractivity contribution in [3.8, 4) is 0 Å². The Kier molecular flexibility index (Phi) is 5.40. The number of amides is 1. The van der Waals surface area contributed by atoms with Crippen molar-refractivity contribution in [3.05, 3.63) is 0 Å². The van der Waals surface area contributed by atoms with E-state index in [1.165, 1.54) is 6.42 Å². The van der Waals surface area contributed by atoms with Crippen LogP contribution in [0.5, 0.6) is 0 Å². The normalized spacial score (nSPS) is 22.9. The summed E-state index contributed by atoms with van der Waals surface area (Å²) in [5.74, 6) is -0.0627. The summed E-state index contributed by atoms with van der Waals surface area (Å²) in [6.45, 7) is 5.77. The smallest absolute Gasteiger partial charge is 0.320 e. The monoisotopic (exact) mass is 282 g/mol. The van der Waals surface area contributed by atoms with Gasteiger partial charge in [-0.3, -0.25) is 14.5 Å². The molecule has 1 amide bonds. The van der Waals surface area contributed by atoms with Crippen molar-refractivity contribution in [3.63, 3.8) is 0 Å². The Balaban J connectivity index is 1.87. The molecule has 114 valence electrons. The molecule has 1 aliphatic carbocycles. The lowest BCUT2D eigenvalue weighted by atomic mass is 10.0. The lowest BCUT2D eigenvalue weighted by Crippen LogP contribution is -2.48. The largest absolute Gasteiger partial charge is 0.465 e. The SMILES string of the molecule is CCOC(=O)CN(CC(=O)N1CCCCC1C)C1CC1. The molecule has 1 saturated heterocycles. The number of carbonyl (C=O) groups is 2. The molecule has 0 N–H and O–H groups in total. The Morgan fingerprint density at radius 2 is 1.95 bits per heavy atom. The van der Waals surface area contributed by atoms with Gasteiger partial charge in [-0.2, -0.15) is 0 Å². The van der Waals surface area contributed by atoms with E-state index in [9.17, 15) is 9.59 Å². The molecule has 0 spiro atoms. The quantitative estimate of drug-likeness (QED) is 0.691. The molecule has 0 bridgehead atoms. The minimum Gasteiger partial charge on any atom is -0.465 e. The van der Waals surface area contributed by atoms with Crippen LogP contribution in [0.4, 0.5) is 0 Å². The highest BCUT2D eigenvalue weighted by Crippen LogP contribution is 2.27. The number of ether oxygens (including phenoxy) is 1. The third-order valence-corrected chi connectivity index (χ3v) is 4.16. The lowest BCUT2D eigenvalue weighted by Gasteiger charge is -2.35. The van der Waals surface area contributed by atoms with Gasteiger partial charge in [0.05, 0.1) is 19.7 Å². The van der Waals surface area contributed by atoms with Gasteiger partial charge in [0.25, 0.3) is 0 Å². The zero-order valence-corrected chi connectivity index (χ0v) is 12.6. The van der Waals surface area contributed by atoms with Crippen molar-refractivity contribution in [2.75, 3.05) is 26.2 Å². The molecule has 5 heteroatoms. The van der Waals surface area contributed by atoms with E-state index < -0.39 is 0 Å². The van der Waals surface area contributed by atoms with E-state index >= 15 is 0 Å². The van der Waals surface area contributed by atoms with Crippen molar-refractivity contribution in [2.45, 2.75) is 58.0 Å². The van der Waals surface area contributed by atoms with E-state index in [2.05, 4.69) is 6.92 Å². The van der Waals surface area contributed by atoms with Crippen molar-refractivity contribution in [1.29, 1.82) is 0 Å². The number of carbonyl (C=O) groups excluding carboxylic acids is 2. The maximum Gasteiger partial charge on any atom is 0.320 e. The fraction of sp³-hybridized carbons (Fsp3) is 0.867. The highest BCUT2D eigenvalue weighted by Gasteiger charge is 2.34. The van der Waals surface area contributed by atoms with Crippen LogP contribution >= 0.6 is 0 Å². The van der Waals surface area contributed by atoms with Gasteiger partial charge in [-0.1, -0.05) is 0 Å². The van der Waals surface area contributed by atoms with Crippen LogP contribution in [0, 0.1) is 0 Å². The van der Waals surface area contributed by atoms with Crippen LogP contribution in [-0.4, -0.2) is 60.0 Å². The van der Waals surface area contributed by atoms with Crippen LogP contribution < -0.4 is 0 Å². The maximum absolute atomic E-state index is 12.4. The van der Waals surface area contributed by atoms with E-state index in [0.717, 1.165) is 32.2 Å². The van der Waals surface area contributed by atoms with E-state index in [1.54, 1.807) is 6.92 Å². The number of esters is 1. The number of hydrogen-bond donors (Lipinski definition) is 0. The Morgan fingerprint density at radius 1 is 1.20 bits per heavy atom. The minimum absolute atomic E-state index is 0.161. The fourth-order valence-corrected chi connectivity index (χ4v) is 2.86. The summed E-state index contributed by atoms with van der Waals surface area (Å²) in [5, 5.41) is 0. The van der Waals surface area contributed by atoms with Gasteiger partial charge in [-0.05, 0) is 46.0 Å². The Hall–Kier alpha value is -1.10. The first-order valence-electron chi connectivity index (χ1n) is 7.81. The Bertz CT molecular complexity index is 355. The standard InChI is InChI=1S/C15H26N2O3/c1-3-20-15(19)11-16(13-7-8-13)10-14(18)17-9-5-4-6-12(17)2/h12-13H,3-11H2,1-2H3. The number of hydrogen-bond acceptors (Lipinski definition) is 4. The first kappa shape index (κ1) is 15.3. The average molecular weight is 282 g/mol. The summed E-state index contributed by atoms with van der Waals surface area (Å²) < 4.78 is 4.99. The summed E-state index contributed by atoms with van der Waals surface area (Å²) in [4.78, 5) is 28.0. The van der Waals surface area contributed by atoms with Crippen molar-refractivity contribution >= 4 is 11.9 Å². The van der Waals surface area contributed by atoms with Crippen LogP contribution in [0.25, 0.3) is 0 Å². The molecule has 1 aliphatic heterocycles. The fourth-order valence-electron chi connectivity index (χ4n) is 2.86. The minimum atomic E-state index is -0.223. The van der Waals surface area contributed by atoms with Gasteiger partial charge in [0.1, 0.15) is 0 Å².